The van der Waals surface area contributed by atoms with E-state index in [1.807, 2.05) is 44.7 Å². The molecule has 3 aromatic heterocycles. The SMILES string of the molecule is CCN(CCC(C)c1nnc(C)o1)C(=O)CN1CC(C)(C)OC[C@H]1C(=O)Nc1cc(Cl)cc2c1[nH]c1cnccc12. The highest BCUT2D eigenvalue weighted by atomic mass is 35.5. The van der Waals surface area contributed by atoms with E-state index in [9.17, 15) is 9.59 Å². The van der Waals surface area contributed by atoms with Crippen LogP contribution in [0, 0.1) is 6.92 Å². The summed E-state index contributed by atoms with van der Waals surface area (Å²) in [5, 5.41) is 13.4. The highest BCUT2D eigenvalue weighted by Crippen LogP contribution is 2.33. The molecule has 41 heavy (non-hydrogen) atoms. The third kappa shape index (κ3) is 6.37. The van der Waals surface area contributed by atoms with E-state index in [0.717, 1.165) is 21.8 Å². The zero-order chi connectivity index (χ0) is 29.3. The predicted octanol–water partition coefficient (Wildman–Crippen LogP) is 4.52. The molecule has 1 fully saturated rings. The number of carbonyl (C=O) groups is 2. The number of nitrogens with zero attached hydrogens (tertiary/aromatic N) is 5. The summed E-state index contributed by atoms with van der Waals surface area (Å²) in [6.45, 7) is 11.4. The van der Waals surface area contributed by atoms with Gasteiger partial charge in [-0.25, -0.2) is 0 Å². The van der Waals surface area contributed by atoms with Gasteiger partial charge in [-0.05, 0) is 45.4 Å². The number of nitrogens with one attached hydrogen (secondary N) is 2. The average Bonchev–Trinajstić information content (AvgIpc) is 3.52. The van der Waals surface area contributed by atoms with Gasteiger partial charge < -0.3 is 24.4 Å². The van der Waals surface area contributed by atoms with Gasteiger partial charge in [0.15, 0.2) is 0 Å². The number of carbonyl (C=O) groups excluding carboxylic acids is 2. The Bertz CT molecular complexity index is 1570. The number of fused-ring (bicyclic) bond motifs is 3. The van der Waals surface area contributed by atoms with Crippen LogP contribution in [-0.2, 0) is 14.3 Å². The van der Waals surface area contributed by atoms with Crippen LogP contribution in [0.4, 0.5) is 5.69 Å². The van der Waals surface area contributed by atoms with Gasteiger partial charge in [-0.1, -0.05) is 18.5 Å². The van der Waals surface area contributed by atoms with Crippen molar-refractivity contribution in [2.24, 2.45) is 0 Å². The maximum absolute atomic E-state index is 13.7. The number of rotatable bonds is 9. The van der Waals surface area contributed by atoms with Crippen LogP contribution in [0.15, 0.2) is 35.0 Å². The van der Waals surface area contributed by atoms with Gasteiger partial charge in [0.25, 0.3) is 0 Å². The Balaban J connectivity index is 1.31. The number of pyridine rings is 1. The topological polar surface area (TPSA) is 129 Å². The van der Waals surface area contributed by atoms with Gasteiger partial charge in [-0.15, -0.1) is 10.2 Å². The summed E-state index contributed by atoms with van der Waals surface area (Å²) in [6.07, 6.45) is 4.14. The normalized spacial score (nSPS) is 18.0. The third-order valence-electron chi connectivity index (χ3n) is 7.56. The van der Waals surface area contributed by atoms with Crippen LogP contribution >= 0.6 is 11.6 Å². The lowest BCUT2D eigenvalue weighted by Gasteiger charge is -2.43. The number of aromatic nitrogens is 4. The van der Waals surface area contributed by atoms with E-state index in [1.54, 1.807) is 30.3 Å². The molecule has 1 saturated heterocycles. The van der Waals surface area contributed by atoms with Gasteiger partial charge in [0.1, 0.15) is 6.04 Å². The van der Waals surface area contributed by atoms with Crippen molar-refractivity contribution in [3.63, 3.8) is 0 Å². The maximum Gasteiger partial charge on any atom is 0.244 e. The number of benzene rings is 1. The number of anilines is 1. The van der Waals surface area contributed by atoms with E-state index in [-0.39, 0.29) is 30.9 Å². The van der Waals surface area contributed by atoms with Crippen LogP contribution < -0.4 is 5.32 Å². The molecule has 0 spiro atoms. The second-order valence-electron chi connectivity index (χ2n) is 11.2. The molecule has 1 aliphatic rings. The molecular formula is C29H36ClN7O4. The summed E-state index contributed by atoms with van der Waals surface area (Å²) in [5.41, 5.74) is 1.66. The largest absolute Gasteiger partial charge is 0.425 e. The summed E-state index contributed by atoms with van der Waals surface area (Å²) in [5.74, 6) is 0.796. The fourth-order valence-electron chi connectivity index (χ4n) is 5.31. The zero-order valence-electron chi connectivity index (χ0n) is 24.0. The van der Waals surface area contributed by atoms with Gasteiger partial charge in [-0.3, -0.25) is 19.5 Å². The summed E-state index contributed by atoms with van der Waals surface area (Å²) in [7, 11) is 0. The number of amides is 2. The van der Waals surface area contributed by atoms with Crippen LogP contribution in [0.1, 0.15) is 51.8 Å². The molecular weight excluding hydrogens is 546 g/mol. The van der Waals surface area contributed by atoms with Crippen molar-refractivity contribution in [1.82, 2.24) is 30.0 Å². The predicted molar refractivity (Wildman–Crippen MR) is 157 cm³/mol. The first-order valence-corrected chi connectivity index (χ1v) is 14.2. The first-order chi connectivity index (χ1) is 19.5. The number of likely N-dealkylation sites (N-methyl/N-ethyl adjacent to an activating group) is 1. The summed E-state index contributed by atoms with van der Waals surface area (Å²) >= 11 is 6.45. The van der Waals surface area contributed by atoms with Gasteiger partial charge in [0.2, 0.25) is 23.6 Å². The molecule has 1 aromatic carbocycles. The van der Waals surface area contributed by atoms with Crippen LogP contribution in [0.3, 0.4) is 0 Å². The number of aryl methyl sites for hydroxylation is 1. The average molecular weight is 582 g/mol. The molecule has 11 nitrogen and oxygen atoms in total. The second-order valence-corrected chi connectivity index (χ2v) is 11.7. The van der Waals surface area contributed by atoms with Crippen molar-refractivity contribution in [3.05, 3.63) is 47.4 Å². The Morgan fingerprint density at radius 2 is 2.10 bits per heavy atom. The van der Waals surface area contributed by atoms with Crippen molar-refractivity contribution in [3.8, 4) is 0 Å². The highest BCUT2D eigenvalue weighted by molar-refractivity contribution is 6.33. The Hall–Kier alpha value is -3.54. The lowest BCUT2D eigenvalue weighted by molar-refractivity contribution is -0.150. The Morgan fingerprint density at radius 1 is 1.29 bits per heavy atom. The van der Waals surface area contributed by atoms with Crippen molar-refractivity contribution in [1.29, 1.82) is 0 Å². The van der Waals surface area contributed by atoms with Crippen LogP contribution in [0.5, 0.6) is 0 Å². The van der Waals surface area contributed by atoms with Crippen LogP contribution in [0.25, 0.3) is 21.8 Å². The number of hydrogen-bond donors (Lipinski definition) is 2. The molecule has 0 saturated carbocycles. The molecule has 2 atom stereocenters. The molecule has 1 unspecified atom stereocenters. The van der Waals surface area contributed by atoms with E-state index in [0.29, 0.717) is 48.5 Å². The molecule has 2 N–H and O–H groups in total. The summed E-state index contributed by atoms with van der Waals surface area (Å²) in [4.78, 5) is 38.4. The number of halogens is 1. The van der Waals surface area contributed by atoms with Crippen molar-refractivity contribution in [2.45, 2.75) is 58.6 Å². The molecule has 0 radical (unpaired) electrons. The summed E-state index contributed by atoms with van der Waals surface area (Å²) < 4.78 is 11.6. The van der Waals surface area contributed by atoms with E-state index < -0.39 is 11.6 Å². The third-order valence-corrected chi connectivity index (χ3v) is 7.78. The van der Waals surface area contributed by atoms with Crippen molar-refractivity contribution in [2.75, 3.05) is 38.1 Å². The lowest BCUT2D eigenvalue weighted by atomic mass is 10.0. The monoisotopic (exact) mass is 581 g/mol. The molecule has 218 valence electrons. The zero-order valence-corrected chi connectivity index (χ0v) is 24.8. The number of morpholine rings is 1. The fourth-order valence-corrected chi connectivity index (χ4v) is 5.53. The first-order valence-electron chi connectivity index (χ1n) is 13.9. The van der Waals surface area contributed by atoms with E-state index in [4.69, 9.17) is 20.8 Å². The molecule has 2 amide bonds. The standard InChI is InChI=1S/C29H36ClN7O4/c1-6-36(10-8-17(2)28-35-34-18(3)41-28)25(38)14-37-16-29(4,5)40-15-24(37)27(39)33-22-12-19(30)11-21-20-7-9-31-13-23(20)32-26(21)22/h7,9,11-13,17,24,32H,6,8,10,14-16H2,1-5H3,(H,33,39)/t17?,24-/m0/s1. The number of ether oxygens (including phenoxy) is 1. The van der Waals surface area contributed by atoms with E-state index >= 15 is 0 Å². The smallest absolute Gasteiger partial charge is 0.244 e. The second kappa shape index (κ2) is 11.8. The van der Waals surface area contributed by atoms with Crippen LogP contribution in [0.2, 0.25) is 5.02 Å². The van der Waals surface area contributed by atoms with Crippen molar-refractivity contribution < 1.29 is 18.7 Å². The first kappa shape index (κ1) is 29.0. The van der Waals surface area contributed by atoms with Gasteiger partial charge >= 0.3 is 0 Å². The van der Waals surface area contributed by atoms with E-state index in [1.165, 1.54) is 0 Å². The van der Waals surface area contributed by atoms with Gasteiger partial charge in [-0.2, -0.15) is 0 Å². The number of H-pyrrole nitrogens is 1. The molecule has 0 aliphatic carbocycles. The fraction of sp³-hybridized carbons (Fsp3) is 0.483. The molecule has 12 heteroatoms. The Morgan fingerprint density at radius 3 is 2.83 bits per heavy atom. The molecule has 5 rings (SSSR count). The minimum atomic E-state index is -0.661. The molecule has 4 aromatic rings. The highest BCUT2D eigenvalue weighted by Gasteiger charge is 2.39. The van der Waals surface area contributed by atoms with Crippen molar-refractivity contribution >= 4 is 50.9 Å². The number of aromatic amines is 1. The lowest BCUT2D eigenvalue weighted by Crippen LogP contribution is -2.60. The van der Waals surface area contributed by atoms with Gasteiger partial charge in [0.05, 0.1) is 41.7 Å². The van der Waals surface area contributed by atoms with E-state index in [2.05, 4.69) is 25.5 Å². The minimum Gasteiger partial charge on any atom is -0.425 e. The molecule has 0 bridgehead atoms. The van der Waals surface area contributed by atoms with Crippen LogP contribution in [-0.4, -0.2) is 86.2 Å². The molecule has 1 aliphatic heterocycles. The van der Waals surface area contributed by atoms with Gasteiger partial charge in [0, 0.05) is 54.5 Å². The Labute approximate surface area is 243 Å². The quantitative estimate of drug-likeness (QED) is 0.295. The number of hydrogen-bond acceptors (Lipinski definition) is 8. The minimum absolute atomic E-state index is 0.0221. The Kier molecular flexibility index (Phi) is 8.30. The summed E-state index contributed by atoms with van der Waals surface area (Å²) in [6, 6.07) is 4.83. The maximum atomic E-state index is 13.7. The molecule has 4 heterocycles.